The van der Waals surface area contributed by atoms with Crippen molar-refractivity contribution in [2.45, 2.75) is 0 Å². The summed E-state index contributed by atoms with van der Waals surface area (Å²) in [5.74, 6) is -1.69. The van der Waals surface area contributed by atoms with E-state index in [1.165, 1.54) is 6.07 Å². The van der Waals surface area contributed by atoms with Crippen LogP contribution in [0.15, 0.2) is 18.2 Å². The van der Waals surface area contributed by atoms with Gasteiger partial charge in [-0.15, -0.1) is 0 Å². The van der Waals surface area contributed by atoms with E-state index in [4.69, 9.17) is 5.11 Å². The molecular weight excluding hydrogens is 202 g/mol. The van der Waals surface area contributed by atoms with Crippen LogP contribution in [0.5, 0.6) is 5.75 Å². The average Bonchev–Trinajstić information content (AvgIpc) is 2.17. The van der Waals surface area contributed by atoms with Crippen LogP contribution in [0, 0.1) is 7.11 Å². The molecule has 0 aliphatic heterocycles. The van der Waals surface area contributed by atoms with E-state index in [1.54, 1.807) is 0 Å². The predicted octanol–water partition coefficient (Wildman–Crippen LogP) is 1.43. The van der Waals surface area contributed by atoms with E-state index in [0.29, 0.717) is 0 Å². The Balaban J connectivity index is 2.91. The molecule has 0 aliphatic carbocycles. The first-order valence-electron chi connectivity index (χ1n) is 3.84. The first kappa shape index (κ1) is 10.8. The van der Waals surface area contributed by atoms with Crippen LogP contribution in [0.3, 0.4) is 0 Å². The van der Waals surface area contributed by atoms with Gasteiger partial charge in [0.05, 0.1) is 0 Å². The summed E-state index contributed by atoms with van der Waals surface area (Å²) in [5.41, 5.74) is -0.0327. The van der Waals surface area contributed by atoms with Crippen LogP contribution in [0.25, 0.3) is 0 Å². The third kappa shape index (κ3) is 2.60. The van der Waals surface area contributed by atoms with Gasteiger partial charge in [0.15, 0.2) is 0 Å². The third-order valence-corrected chi connectivity index (χ3v) is 1.61. The van der Waals surface area contributed by atoms with E-state index in [2.05, 4.69) is 17.2 Å². The van der Waals surface area contributed by atoms with Gasteiger partial charge in [0.25, 0.3) is 0 Å². The maximum absolute atomic E-state index is 10.7. The summed E-state index contributed by atoms with van der Waals surface area (Å²) in [6, 6.07) is 3.58. The van der Waals surface area contributed by atoms with Crippen molar-refractivity contribution in [3.63, 3.8) is 0 Å². The molecule has 0 atom stereocenters. The van der Waals surface area contributed by atoms with Gasteiger partial charge in [-0.3, -0.25) is 5.32 Å². The number of aromatic carboxylic acids is 1. The Labute approximate surface area is 85.1 Å². The van der Waals surface area contributed by atoms with Gasteiger partial charge in [-0.05, 0) is 12.1 Å². The molecule has 79 valence electrons. The van der Waals surface area contributed by atoms with Gasteiger partial charge in [0.2, 0.25) is 0 Å². The van der Waals surface area contributed by atoms with Gasteiger partial charge in [0.1, 0.15) is 18.4 Å². The van der Waals surface area contributed by atoms with Crippen LogP contribution < -0.4 is 5.32 Å². The fourth-order valence-corrected chi connectivity index (χ4v) is 0.944. The number of nitrogens with one attached hydrogen (secondary N) is 1. The standard InChI is InChI=1S/C9H8NO5/c1-15-9(14)10-5-2-3-6(8(12)13)7(11)4-5/h2-4,11H,1H2,(H,10,14)(H,12,13). The fourth-order valence-electron chi connectivity index (χ4n) is 0.944. The number of hydrogen-bond donors (Lipinski definition) is 3. The molecule has 0 bridgehead atoms. The Morgan fingerprint density at radius 1 is 1.40 bits per heavy atom. The molecule has 0 aromatic heterocycles. The van der Waals surface area contributed by atoms with Crippen molar-refractivity contribution in [1.82, 2.24) is 0 Å². The maximum Gasteiger partial charge on any atom is 0.411 e. The summed E-state index contributed by atoms with van der Waals surface area (Å²) in [6.45, 7) is 0. The van der Waals surface area contributed by atoms with E-state index >= 15 is 0 Å². The zero-order valence-corrected chi connectivity index (χ0v) is 7.56. The Bertz CT molecular complexity index is 401. The molecule has 0 fully saturated rings. The Morgan fingerprint density at radius 3 is 2.53 bits per heavy atom. The van der Waals surface area contributed by atoms with Crippen LogP contribution >= 0.6 is 0 Å². The maximum atomic E-state index is 10.7. The Hall–Kier alpha value is -2.24. The van der Waals surface area contributed by atoms with Gasteiger partial charge in [-0.25, -0.2) is 9.59 Å². The van der Waals surface area contributed by atoms with Crippen molar-refractivity contribution >= 4 is 17.7 Å². The summed E-state index contributed by atoms with van der Waals surface area (Å²) in [6.07, 6.45) is -0.808. The molecular formula is C9H8NO5. The topological polar surface area (TPSA) is 95.9 Å². The minimum absolute atomic E-state index is 0.214. The summed E-state index contributed by atoms with van der Waals surface area (Å²) in [4.78, 5) is 21.2. The number of carbonyl (C=O) groups is 2. The average molecular weight is 210 g/mol. The first-order chi connectivity index (χ1) is 7.04. The molecule has 0 spiro atoms. The molecule has 1 radical (unpaired) electrons. The molecule has 0 saturated heterocycles. The molecule has 1 amide bonds. The van der Waals surface area contributed by atoms with E-state index in [9.17, 15) is 14.7 Å². The van der Waals surface area contributed by atoms with E-state index < -0.39 is 17.8 Å². The van der Waals surface area contributed by atoms with Crippen LogP contribution in [0.4, 0.5) is 10.5 Å². The predicted molar refractivity (Wildman–Crippen MR) is 50.5 cm³/mol. The molecule has 6 nitrogen and oxygen atoms in total. The van der Waals surface area contributed by atoms with Crippen LogP contribution in [-0.4, -0.2) is 22.3 Å². The van der Waals surface area contributed by atoms with Gasteiger partial charge in [-0.1, -0.05) is 0 Å². The number of carbonyl (C=O) groups excluding carboxylic acids is 1. The van der Waals surface area contributed by atoms with Gasteiger partial charge in [-0.2, -0.15) is 0 Å². The molecule has 15 heavy (non-hydrogen) atoms. The van der Waals surface area contributed by atoms with Crippen LogP contribution in [-0.2, 0) is 4.74 Å². The van der Waals surface area contributed by atoms with Crippen molar-refractivity contribution < 1.29 is 24.5 Å². The Morgan fingerprint density at radius 2 is 2.07 bits per heavy atom. The zero-order valence-electron chi connectivity index (χ0n) is 7.56. The minimum atomic E-state index is -1.25. The second-order valence-electron chi connectivity index (χ2n) is 2.59. The summed E-state index contributed by atoms with van der Waals surface area (Å²) < 4.78 is 4.07. The number of anilines is 1. The number of carboxylic acids is 1. The highest BCUT2D eigenvalue weighted by molar-refractivity contribution is 5.92. The summed E-state index contributed by atoms with van der Waals surface area (Å²) in [5, 5.41) is 20.1. The fraction of sp³-hybridized carbons (Fsp3) is 0. The minimum Gasteiger partial charge on any atom is -0.507 e. The van der Waals surface area contributed by atoms with Crippen LogP contribution in [0.2, 0.25) is 0 Å². The van der Waals surface area contributed by atoms with E-state index in [-0.39, 0.29) is 11.3 Å². The van der Waals surface area contributed by atoms with Gasteiger partial charge < -0.3 is 14.9 Å². The highest BCUT2D eigenvalue weighted by Crippen LogP contribution is 2.21. The summed E-state index contributed by atoms with van der Waals surface area (Å²) >= 11 is 0. The quantitative estimate of drug-likeness (QED) is 0.686. The number of amides is 1. The lowest BCUT2D eigenvalue weighted by Gasteiger charge is -2.05. The normalized spacial score (nSPS) is 9.40. The number of aromatic hydroxyl groups is 1. The second-order valence-corrected chi connectivity index (χ2v) is 2.59. The lowest BCUT2D eigenvalue weighted by atomic mass is 10.2. The molecule has 6 heteroatoms. The van der Waals surface area contributed by atoms with E-state index in [0.717, 1.165) is 12.1 Å². The second kappa shape index (κ2) is 4.32. The molecule has 1 aromatic rings. The molecule has 0 unspecified atom stereocenters. The third-order valence-electron chi connectivity index (χ3n) is 1.61. The Kier molecular flexibility index (Phi) is 3.12. The molecule has 0 aliphatic rings. The van der Waals surface area contributed by atoms with Gasteiger partial charge >= 0.3 is 12.1 Å². The van der Waals surface area contributed by atoms with Crippen molar-refractivity contribution in [3.8, 4) is 5.75 Å². The number of hydrogen-bond acceptors (Lipinski definition) is 4. The van der Waals surface area contributed by atoms with Crippen molar-refractivity contribution in [1.29, 1.82) is 0 Å². The number of rotatable bonds is 2. The SMILES string of the molecule is [CH2]OC(=O)Nc1ccc(C(=O)O)c(O)c1. The lowest BCUT2D eigenvalue weighted by Crippen LogP contribution is -2.10. The molecule has 3 N–H and O–H groups in total. The lowest BCUT2D eigenvalue weighted by molar-refractivity contribution is 0.0694. The number of benzene rings is 1. The smallest absolute Gasteiger partial charge is 0.411 e. The number of phenols is 1. The zero-order chi connectivity index (χ0) is 11.4. The van der Waals surface area contributed by atoms with Crippen molar-refractivity contribution in [3.05, 3.63) is 30.9 Å². The monoisotopic (exact) mass is 210 g/mol. The molecule has 1 rings (SSSR count). The highest BCUT2D eigenvalue weighted by Gasteiger charge is 2.10. The summed E-state index contributed by atoms with van der Waals surface area (Å²) in [7, 11) is 2.88. The van der Waals surface area contributed by atoms with Crippen molar-refractivity contribution in [2.75, 3.05) is 5.32 Å². The first-order valence-corrected chi connectivity index (χ1v) is 3.84. The number of carboxylic acid groups (broad SMARTS) is 1. The number of ether oxygens (including phenoxy) is 1. The van der Waals surface area contributed by atoms with Crippen LogP contribution in [0.1, 0.15) is 10.4 Å². The highest BCUT2D eigenvalue weighted by atomic mass is 16.5. The molecule has 0 saturated carbocycles. The van der Waals surface area contributed by atoms with Crippen molar-refractivity contribution in [2.24, 2.45) is 0 Å². The molecule has 0 heterocycles. The largest absolute Gasteiger partial charge is 0.507 e. The van der Waals surface area contributed by atoms with E-state index in [1.807, 2.05) is 0 Å². The molecule has 1 aromatic carbocycles. The van der Waals surface area contributed by atoms with Gasteiger partial charge in [0, 0.05) is 11.8 Å².